The summed E-state index contributed by atoms with van der Waals surface area (Å²) < 4.78 is 1.83. The Morgan fingerprint density at radius 3 is 3.00 bits per heavy atom. The second-order valence-corrected chi connectivity index (χ2v) is 4.95. The molecular formula is C13H15ClN4O2. The third-order valence-electron chi connectivity index (χ3n) is 2.90. The molecule has 0 spiro atoms. The number of nitrogens with one attached hydrogen (secondary N) is 1. The van der Waals surface area contributed by atoms with Crippen molar-refractivity contribution in [2.24, 2.45) is 0 Å². The van der Waals surface area contributed by atoms with Crippen molar-refractivity contribution in [3.05, 3.63) is 57.4 Å². The molecule has 0 radical (unpaired) electrons. The van der Waals surface area contributed by atoms with Crippen LogP contribution in [0.3, 0.4) is 0 Å². The molecule has 1 atom stereocenters. The molecule has 1 aromatic carbocycles. The molecule has 1 heterocycles. The number of halogens is 1. The highest BCUT2D eigenvalue weighted by atomic mass is 35.5. The fourth-order valence-electron chi connectivity index (χ4n) is 1.85. The Morgan fingerprint density at radius 1 is 1.55 bits per heavy atom. The van der Waals surface area contributed by atoms with Crippen LogP contribution in [0.5, 0.6) is 0 Å². The first-order chi connectivity index (χ1) is 9.56. The van der Waals surface area contributed by atoms with Gasteiger partial charge in [-0.3, -0.25) is 14.8 Å². The quantitative estimate of drug-likeness (QED) is 0.656. The lowest BCUT2D eigenvalue weighted by molar-refractivity contribution is -0.384. The van der Waals surface area contributed by atoms with Crippen LogP contribution in [0.15, 0.2) is 36.7 Å². The Bertz CT molecular complexity index is 586. The van der Waals surface area contributed by atoms with Gasteiger partial charge in [-0.2, -0.15) is 5.10 Å². The second kappa shape index (κ2) is 6.49. The van der Waals surface area contributed by atoms with Crippen molar-refractivity contribution in [2.75, 3.05) is 0 Å². The molecule has 106 valence electrons. The van der Waals surface area contributed by atoms with Crippen molar-refractivity contribution in [3.8, 4) is 0 Å². The topological polar surface area (TPSA) is 73.0 Å². The molecular weight excluding hydrogens is 280 g/mol. The largest absolute Gasteiger partial charge is 0.308 e. The number of benzene rings is 1. The number of nitrogens with zero attached hydrogens (tertiary/aromatic N) is 3. The third-order valence-corrected chi connectivity index (χ3v) is 3.27. The summed E-state index contributed by atoms with van der Waals surface area (Å²) in [5.74, 6) is 0. The normalized spacial score (nSPS) is 12.3. The van der Waals surface area contributed by atoms with Crippen molar-refractivity contribution in [2.45, 2.75) is 26.1 Å². The number of nitro benzene ring substituents is 1. The molecule has 20 heavy (non-hydrogen) atoms. The van der Waals surface area contributed by atoms with Crippen LogP contribution in [0.2, 0.25) is 5.02 Å². The van der Waals surface area contributed by atoms with Crippen LogP contribution in [-0.4, -0.2) is 20.7 Å². The predicted octanol–water partition coefficient (Wildman–Crippen LogP) is 2.62. The maximum absolute atomic E-state index is 10.7. The van der Waals surface area contributed by atoms with Gasteiger partial charge in [0.25, 0.3) is 5.69 Å². The van der Waals surface area contributed by atoms with Crippen LogP contribution < -0.4 is 5.32 Å². The Balaban J connectivity index is 1.96. The first-order valence-electron chi connectivity index (χ1n) is 6.20. The van der Waals surface area contributed by atoms with Gasteiger partial charge in [-0.05, 0) is 24.6 Å². The summed E-state index contributed by atoms with van der Waals surface area (Å²) in [6, 6.07) is 6.48. The average molecular weight is 295 g/mol. The van der Waals surface area contributed by atoms with Gasteiger partial charge < -0.3 is 5.32 Å². The summed E-state index contributed by atoms with van der Waals surface area (Å²) in [6.07, 6.45) is 3.61. The van der Waals surface area contributed by atoms with Crippen LogP contribution >= 0.6 is 11.6 Å². The van der Waals surface area contributed by atoms with E-state index in [0.29, 0.717) is 17.1 Å². The van der Waals surface area contributed by atoms with E-state index in [1.165, 1.54) is 12.1 Å². The summed E-state index contributed by atoms with van der Waals surface area (Å²) in [6.45, 7) is 3.22. The molecule has 2 rings (SSSR count). The van der Waals surface area contributed by atoms with E-state index in [1.54, 1.807) is 12.3 Å². The molecule has 1 N–H and O–H groups in total. The summed E-state index contributed by atoms with van der Waals surface area (Å²) in [4.78, 5) is 10.3. The summed E-state index contributed by atoms with van der Waals surface area (Å²) in [7, 11) is 0. The number of rotatable bonds is 6. The smallest absolute Gasteiger partial charge is 0.269 e. The lowest BCUT2D eigenvalue weighted by Gasteiger charge is -2.14. The second-order valence-electron chi connectivity index (χ2n) is 4.54. The van der Waals surface area contributed by atoms with Crippen molar-refractivity contribution in [3.63, 3.8) is 0 Å². The molecule has 0 amide bonds. The zero-order valence-electron chi connectivity index (χ0n) is 11.0. The van der Waals surface area contributed by atoms with Gasteiger partial charge in [-0.25, -0.2) is 0 Å². The van der Waals surface area contributed by atoms with Gasteiger partial charge in [0, 0.05) is 42.1 Å². The van der Waals surface area contributed by atoms with Gasteiger partial charge in [0.2, 0.25) is 0 Å². The molecule has 0 bridgehead atoms. The van der Waals surface area contributed by atoms with Crippen molar-refractivity contribution >= 4 is 17.3 Å². The van der Waals surface area contributed by atoms with Gasteiger partial charge in [0.05, 0.1) is 11.5 Å². The van der Waals surface area contributed by atoms with Gasteiger partial charge in [0.1, 0.15) is 0 Å². The fraction of sp³-hybridized carbons (Fsp3) is 0.308. The Labute approximate surface area is 121 Å². The molecule has 1 aromatic heterocycles. The van der Waals surface area contributed by atoms with E-state index < -0.39 is 4.92 Å². The summed E-state index contributed by atoms with van der Waals surface area (Å²) >= 11 is 6.05. The average Bonchev–Trinajstić information content (AvgIpc) is 2.90. The highest BCUT2D eigenvalue weighted by molar-refractivity contribution is 6.31. The maximum Gasteiger partial charge on any atom is 0.269 e. The van der Waals surface area contributed by atoms with Gasteiger partial charge in [-0.15, -0.1) is 0 Å². The van der Waals surface area contributed by atoms with Gasteiger partial charge in [0.15, 0.2) is 0 Å². The van der Waals surface area contributed by atoms with Crippen molar-refractivity contribution in [1.29, 1.82) is 0 Å². The maximum atomic E-state index is 10.7. The number of hydrogen-bond acceptors (Lipinski definition) is 4. The zero-order chi connectivity index (χ0) is 14.5. The number of nitro groups is 1. The molecule has 0 aliphatic heterocycles. The minimum atomic E-state index is -0.424. The Hall–Kier alpha value is -1.92. The zero-order valence-corrected chi connectivity index (χ0v) is 11.7. The number of hydrogen-bond donors (Lipinski definition) is 1. The fourth-order valence-corrected chi connectivity index (χ4v) is 2.03. The van der Waals surface area contributed by atoms with Crippen molar-refractivity contribution in [1.82, 2.24) is 15.1 Å². The monoisotopic (exact) mass is 294 g/mol. The molecule has 6 nitrogen and oxygen atoms in total. The molecule has 0 fully saturated rings. The third kappa shape index (κ3) is 3.79. The summed E-state index contributed by atoms with van der Waals surface area (Å²) in [5.41, 5.74) is 0.763. The van der Waals surface area contributed by atoms with Crippen LogP contribution in [0.1, 0.15) is 12.5 Å². The van der Waals surface area contributed by atoms with Crippen LogP contribution in [0.25, 0.3) is 0 Å². The van der Waals surface area contributed by atoms with Crippen LogP contribution in [0, 0.1) is 10.1 Å². The predicted molar refractivity (Wildman–Crippen MR) is 76.6 cm³/mol. The summed E-state index contributed by atoms with van der Waals surface area (Å²) in [5, 5.41) is 18.7. The van der Waals surface area contributed by atoms with E-state index in [1.807, 2.05) is 23.9 Å². The first kappa shape index (κ1) is 14.5. The van der Waals surface area contributed by atoms with E-state index in [9.17, 15) is 10.1 Å². The lowest BCUT2D eigenvalue weighted by Crippen LogP contribution is -2.30. The number of aromatic nitrogens is 2. The first-order valence-corrected chi connectivity index (χ1v) is 6.57. The molecule has 0 aliphatic rings. The standard InChI is InChI=1S/C13H15ClN4O2/c1-10(9-17-6-2-5-16-17)15-8-11-7-12(18(19)20)3-4-13(11)14/h2-7,10,15H,8-9H2,1H3. The lowest BCUT2D eigenvalue weighted by atomic mass is 10.2. The molecule has 2 aromatic rings. The molecule has 0 saturated heterocycles. The van der Waals surface area contributed by atoms with E-state index in [0.717, 1.165) is 6.54 Å². The molecule has 0 aliphatic carbocycles. The SMILES string of the molecule is CC(Cn1cccn1)NCc1cc([N+](=O)[O-])ccc1Cl. The van der Waals surface area contributed by atoms with E-state index >= 15 is 0 Å². The molecule has 7 heteroatoms. The van der Waals surface area contributed by atoms with Crippen LogP contribution in [0.4, 0.5) is 5.69 Å². The molecule has 1 unspecified atom stereocenters. The highest BCUT2D eigenvalue weighted by Crippen LogP contribution is 2.21. The van der Waals surface area contributed by atoms with Gasteiger partial charge >= 0.3 is 0 Å². The Kier molecular flexibility index (Phi) is 4.70. The van der Waals surface area contributed by atoms with Gasteiger partial charge in [-0.1, -0.05) is 11.6 Å². The number of non-ortho nitro benzene ring substituents is 1. The van der Waals surface area contributed by atoms with Crippen molar-refractivity contribution < 1.29 is 4.92 Å². The minimum absolute atomic E-state index is 0.0472. The molecule has 0 saturated carbocycles. The Morgan fingerprint density at radius 2 is 2.35 bits per heavy atom. The van der Waals surface area contributed by atoms with Crippen LogP contribution in [-0.2, 0) is 13.1 Å². The van der Waals surface area contributed by atoms with E-state index in [2.05, 4.69) is 10.4 Å². The van der Waals surface area contributed by atoms with E-state index in [4.69, 9.17) is 11.6 Å². The minimum Gasteiger partial charge on any atom is -0.308 e. The highest BCUT2D eigenvalue weighted by Gasteiger charge is 2.10. The van der Waals surface area contributed by atoms with E-state index in [-0.39, 0.29) is 11.7 Å².